The molecular formula is C12H26N4O. The Morgan fingerprint density at radius 1 is 1.06 bits per heavy atom. The highest BCUT2D eigenvalue weighted by Crippen LogP contribution is 2.09. The Morgan fingerprint density at radius 3 is 2.53 bits per heavy atom. The molecule has 0 aromatic rings. The molecule has 5 nitrogen and oxygen atoms in total. The van der Waals surface area contributed by atoms with Crippen molar-refractivity contribution < 1.29 is 6.22 Å². The van der Waals surface area contributed by atoms with E-state index in [4.69, 9.17) is 0 Å². The standard InChI is InChI=1S/C12H24N4O.H2/c1-2-14-6-3-7-15-10-11-16(12(15)17)9-5-13-4-8-14;/h13H,2-11H2,1H3;1H. The van der Waals surface area contributed by atoms with E-state index in [0.29, 0.717) is 0 Å². The summed E-state index contributed by atoms with van der Waals surface area (Å²) < 4.78 is 0. The van der Waals surface area contributed by atoms with Crippen LogP contribution in [-0.2, 0) is 0 Å². The zero-order chi connectivity index (χ0) is 12.1. The molecule has 0 aromatic carbocycles. The molecule has 2 aliphatic heterocycles. The molecule has 2 saturated heterocycles. The number of hydrogen-bond acceptors (Lipinski definition) is 3. The van der Waals surface area contributed by atoms with Gasteiger partial charge >= 0.3 is 6.03 Å². The highest BCUT2D eigenvalue weighted by Gasteiger charge is 2.27. The molecule has 2 amide bonds. The Morgan fingerprint density at radius 2 is 1.76 bits per heavy atom. The number of nitrogens with zero attached hydrogens (tertiary/aromatic N) is 3. The van der Waals surface area contributed by atoms with Gasteiger partial charge in [-0.15, -0.1) is 0 Å². The second kappa shape index (κ2) is 6.21. The molecule has 0 aromatic heterocycles. The Balaban J connectivity index is 0.00000162. The van der Waals surface area contributed by atoms with Gasteiger partial charge in [0.1, 0.15) is 0 Å². The molecular weight excluding hydrogens is 216 g/mol. The number of nitrogens with one attached hydrogen (secondary N) is 1. The van der Waals surface area contributed by atoms with E-state index < -0.39 is 0 Å². The fourth-order valence-corrected chi connectivity index (χ4v) is 2.54. The van der Waals surface area contributed by atoms with Crippen molar-refractivity contribution in [2.75, 3.05) is 58.9 Å². The zero-order valence-corrected chi connectivity index (χ0v) is 10.8. The molecule has 1 N–H and O–H groups in total. The van der Waals surface area contributed by atoms with Gasteiger partial charge in [-0.2, -0.15) is 0 Å². The van der Waals surface area contributed by atoms with Gasteiger partial charge in [-0.05, 0) is 19.5 Å². The molecule has 2 rings (SSSR count). The van der Waals surface area contributed by atoms with Crippen molar-refractivity contribution in [1.82, 2.24) is 20.0 Å². The van der Waals surface area contributed by atoms with E-state index in [1.54, 1.807) is 0 Å². The molecule has 0 spiro atoms. The van der Waals surface area contributed by atoms with Crippen LogP contribution in [0.5, 0.6) is 0 Å². The summed E-state index contributed by atoms with van der Waals surface area (Å²) in [5.41, 5.74) is 0. The van der Waals surface area contributed by atoms with E-state index in [-0.39, 0.29) is 7.46 Å². The van der Waals surface area contributed by atoms with Gasteiger partial charge in [0.15, 0.2) is 0 Å². The van der Waals surface area contributed by atoms with E-state index in [2.05, 4.69) is 17.1 Å². The lowest BCUT2D eigenvalue weighted by Crippen LogP contribution is -2.41. The second-order valence-electron chi connectivity index (χ2n) is 4.79. The molecule has 2 bridgehead atoms. The van der Waals surface area contributed by atoms with E-state index in [9.17, 15) is 4.79 Å². The van der Waals surface area contributed by atoms with Crippen LogP contribution >= 0.6 is 0 Å². The van der Waals surface area contributed by atoms with Gasteiger partial charge in [0.2, 0.25) is 0 Å². The molecule has 2 fully saturated rings. The molecule has 0 atom stereocenters. The van der Waals surface area contributed by atoms with Gasteiger partial charge in [-0.3, -0.25) is 0 Å². The summed E-state index contributed by atoms with van der Waals surface area (Å²) in [5.74, 6) is 0. The van der Waals surface area contributed by atoms with E-state index >= 15 is 0 Å². The largest absolute Gasteiger partial charge is 0.323 e. The monoisotopic (exact) mass is 242 g/mol. The van der Waals surface area contributed by atoms with Crippen molar-refractivity contribution in [3.8, 4) is 0 Å². The number of carbonyl (C=O) groups is 1. The molecule has 5 heteroatoms. The number of carbonyl (C=O) groups excluding carboxylic acids is 1. The van der Waals surface area contributed by atoms with Crippen LogP contribution in [0.2, 0.25) is 0 Å². The minimum absolute atomic E-state index is 0. The lowest BCUT2D eigenvalue weighted by Gasteiger charge is -2.24. The molecule has 2 aliphatic rings. The number of urea groups is 1. The number of fused-ring (bicyclic) bond motifs is 2. The predicted octanol–water partition coefficient (Wildman–Crippen LogP) is 0.285. The molecule has 17 heavy (non-hydrogen) atoms. The van der Waals surface area contributed by atoms with Crippen molar-refractivity contribution in [2.45, 2.75) is 13.3 Å². The van der Waals surface area contributed by atoms with Gasteiger partial charge in [-0.25, -0.2) is 4.79 Å². The highest BCUT2D eigenvalue weighted by molar-refractivity contribution is 5.76. The van der Waals surface area contributed by atoms with Gasteiger partial charge in [0, 0.05) is 47.2 Å². The van der Waals surface area contributed by atoms with E-state index in [0.717, 1.165) is 65.3 Å². The van der Waals surface area contributed by atoms with Crippen molar-refractivity contribution in [3.05, 3.63) is 0 Å². The van der Waals surface area contributed by atoms with Crippen LogP contribution in [0.1, 0.15) is 14.8 Å². The van der Waals surface area contributed by atoms with Crippen molar-refractivity contribution in [1.29, 1.82) is 0 Å². The first kappa shape index (κ1) is 12.6. The van der Waals surface area contributed by atoms with E-state index in [1.807, 2.05) is 9.80 Å². The highest BCUT2D eigenvalue weighted by atomic mass is 16.2. The van der Waals surface area contributed by atoms with Crippen molar-refractivity contribution in [2.24, 2.45) is 0 Å². The lowest BCUT2D eigenvalue weighted by atomic mass is 10.3. The van der Waals surface area contributed by atoms with Gasteiger partial charge in [0.25, 0.3) is 0 Å². The average molecular weight is 242 g/mol. The first-order valence-electron chi connectivity index (χ1n) is 6.78. The summed E-state index contributed by atoms with van der Waals surface area (Å²) in [6.07, 6.45) is 1.09. The fourth-order valence-electron chi connectivity index (χ4n) is 2.54. The Hall–Kier alpha value is -0.810. The average Bonchev–Trinajstić information content (AvgIpc) is 2.68. The number of rotatable bonds is 1. The maximum absolute atomic E-state index is 12.0. The first-order valence-corrected chi connectivity index (χ1v) is 6.78. The van der Waals surface area contributed by atoms with Crippen LogP contribution in [0.4, 0.5) is 4.79 Å². The van der Waals surface area contributed by atoms with Gasteiger partial charge < -0.3 is 20.0 Å². The third kappa shape index (κ3) is 3.33. The van der Waals surface area contributed by atoms with Crippen LogP contribution in [0.3, 0.4) is 0 Å². The molecule has 0 aliphatic carbocycles. The third-order valence-electron chi connectivity index (χ3n) is 3.69. The molecule has 0 saturated carbocycles. The normalized spacial score (nSPS) is 24.6. The van der Waals surface area contributed by atoms with E-state index in [1.165, 1.54) is 0 Å². The molecule has 0 unspecified atom stereocenters. The summed E-state index contributed by atoms with van der Waals surface area (Å²) in [7, 11) is 0. The maximum atomic E-state index is 12.0. The first-order chi connectivity index (χ1) is 8.31. The second-order valence-corrected chi connectivity index (χ2v) is 4.79. The Kier molecular flexibility index (Phi) is 4.62. The van der Waals surface area contributed by atoms with Crippen LogP contribution in [0.25, 0.3) is 0 Å². The Labute approximate surface area is 105 Å². The quantitative estimate of drug-likeness (QED) is 0.718. The molecule has 100 valence electrons. The predicted molar refractivity (Wildman–Crippen MR) is 70.3 cm³/mol. The zero-order valence-electron chi connectivity index (χ0n) is 10.8. The minimum atomic E-state index is 0. The summed E-state index contributed by atoms with van der Waals surface area (Å²) in [6, 6.07) is 0.232. The van der Waals surface area contributed by atoms with Crippen molar-refractivity contribution >= 4 is 6.03 Å². The SMILES string of the molecule is CCN1CCCN2CCN(CCNCC1)C2=O.[HH]. The number of hydrogen-bond donors (Lipinski definition) is 1. The summed E-state index contributed by atoms with van der Waals surface area (Å²) >= 11 is 0. The summed E-state index contributed by atoms with van der Waals surface area (Å²) in [4.78, 5) is 18.4. The third-order valence-corrected chi connectivity index (χ3v) is 3.69. The lowest BCUT2D eigenvalue weighted by molar-refractivity contribution is 0.186. The van der Waals surface area contributed by atoms with Crippen molar-refractivity contribution in [3.63, 3.8) is 0 Å². The van der Waals surface area contributed by atoms with Crippen LogP contribution in [0.15, 0.2) is 0 Å². The Bertz CT molecular complexity index is 264. The minimum Gasteiger partial charge on any atom is -0.323 e. The van der Waals surface area contributed by atoms with Gasteiger partial charge in [-0.1, -0.05) is 6.92 Å². The van der Waals surface area contributed by atoms with Crippen LogP contribution < -0.4 is 5.32 Å². The number of likely N-dealkylation sites (N-methyl/N-ethyl adjacent to an activating group) is 1. The number of amides is 2. The summed E-state index contributed by atoms with van der Waals surface area (Å²) in [6.45, 7) is 11.0. The topological polar surface area (TPSA) is 38.8 Å². The molecule has 2 heterocycles. The summed E-state index contributed by atoms with van der Waals surface area (Å²) in [5, 5.41) is 3.42. The molecule has 0 radical (unpaired) electrons. The fraction of sp³-hybridized carbons (Fsp3) is 0.917. The van der Waals surface area contributed by atoms with Gasteiger partial charge in [0.05, 0.1) is 0 Å². The maximum Gasteiger partial charge on any atom is 0.320 e. The smallest absolute Gasteiger partial charge is 0.320 e. The van der Waals surface area contributed by atoms with Crippen LogP contribution in [0, 0.1) is 0 Å². The van der Waals surface area contributed by atoms with Crippen LogP contribution in [-0.4, -0.2) is 79.6 Å².